The SMILES string of the molecule is CC=C1CC2CC1C=C2CO. The second-order valence-corrected chi connectivity index (χ2v) is 3.51. The monoisotopic (exact) mass is 150 g/mol. The van der Waals surface area contributed by atoms with Gasteiger partial charge in [0, 0.05) is 0 Å². The van der Waals surface area contributed by atoms with Gasteiger partial charge in [-0.1, -0.05) is 17.7 Å². The Labute approximate surface area is 67.4 Å². The predicted molar refractivity (Wildman–Crippen MR) is 45.1 cm³/mol. The maximum absolute atomic E-state index is 8.96. The van der Waals surface area contributed by atoms with Crippen LogP contribution in [0.1, 0.15) is 19.8 Å². The molecule has 2 aliphatic carbocycles. The van der Waals surface area contributed by atoms with Gasteiger partial charge in [0.1, 0.15) is 0 Å². The van der Waals surface area contributed by atoms with E-state index in [9.17, 15) is 0 Å². The van der Waals surface area contributed by atoms with Crippen molar-refractivity contribution in [2.24, 2.45) is 11.8 Å². The fourth-order valence-corrected chi connectivity index (χ4v) is 2.34. The molecule has 0 radical (unpaired) electrons. The van der Waals surface area contributed by atoms with Crippen molar-refractivity contribution in [2.45, 2.75) is 19.8 Å². The van der Waals surface area contributed by atoms with Crippen LogP contribution in [-0.4, -0.2) is 11.7 Å². The molecule has 2 aliphatic rings. The van der Waals surface area contributed by atoms with Crippen LogP contribution in [0.15, 0.2) is 23.3 Å². The first-order valence-corrected chi connectivity index (χ1v) is 4.31. The van der Waals surface area contributed by atoms with Gasteiger partial charge >= 0.3 is 0 Å². The van der Waals surface area contributed by atoms with E-state index in [4.69, 9.17) is 5.11 Å². The topological polar surface area (TPSA) is 20.2 Å². The smallest absolute Gasteiger partial charge is 0.0644 e. The molecule has 1 heteroatoms. The lowest BCUT2D eigenvalue weighted by molar-refractivity contribution is 0.317. The zero-order valence-electron chi connectivity index (χ0n) is 6.88. The average Bonchev–Trinajstić information content (AvgIpc) is 2.60. The van der Waals surface area contributed by atoms with Gasteiger partial charge in [-0.3, -0.25) is 0 Å². The summed E-state index contributed by atoms with van der Waals surface area (Å²) in [5.74, 6) is 1.35. The first kappa shape index (κ1) is 7.11. The number of fused-ring (bicyclic) bond motifs is 2. The molecule has 0 aromatic rings. The Bertz CT molecular complexity index is 225. The molecule has 0 amide bonds. The molecular weight excluding hydrogens is 136 g/mol. The van der Waals surface area contributed by atoms with Crippen LogP contribution in [0.3, 0.4) is 0 Å². The maximum atomic E-state index is 8.96. The summed E-state index contributed by atoms with van der Waals surface area (Å²) in [6.45, 7) is 2.39. The molecule has 2 unspecified atom stereocenters. The van der Waals surface area contributed by atoms with Crippen LogP contribution >= 0.6 is 0 Å². The first-order valence-electron chi connectivity index (χ1n) is 4.31. The molecule has 0 heterocycles. The molecule has 0 spiro atoms. The lowest BCUT2D eigenvalue weighted by Crippen LogP contribution is -2.02. The zero-order chi connectivity index (χ0) is 7.84. The second kappa shape index (κ2) is 2.49. The van der Waals surface area contributed by atoms with E-state index < -0.39 is 0 Å². The van der Waals surface area contributed by atoms with Crippen LogP contribution in [-0.2, 0) is 0 Å². The van der Waals surface area contributed by atoms with Crippen LogP contribution < -0.4 is 0 Å². The summed E-state index contributed by atoms with van der Waals surface area (Å²) in [6.07, 6.45) is 6.95. The van der Waals surface area contributed by atoms with E-state index in [-0.39, 0.29) is 6.61 Å². The van der Waals surface area contributed by atoms with Crippen molar-refractivity contribution in [3.8, 4) is 0 Å². The Morgan fingerprint density at radius 3 is 3.00 bits per heavy atom. The quantitative estimate of drug-likeness (QED) is 0.566. The van der Waals surface area contributed by atoms with E-state index in [1.807, 2.05) is 0 Å². The van der Waals surface area contributed by atoms with Crippen LogP contribution in [0.25, 0.3) is 0 Å². The second-order valence-electron chi connectivity index (χ2n) is 3.51. The van der Waals surface area contributed by atoms with Gasteiger partial charge in [-0.15, -0.1) is 0 Å². The summed E-state index contributed by atoms with van der Waals surface area (Å²) in [4.78, 5) is 0. The predicted octanol–water partition coefficient (Wildman–Crippen LogP) is 1.89. The number of aliphatic hydroxyl groups is 1. The minimum atomic E-state index is 0.276. The molecule has 1 fully saturated rings. The van der Waals surface area contributed by atoms with Crippen LogP contribution in [0.2, 0.25) is 0 Å². The Morgan fingerprint density at radius 1 is 1.73 bits per heavy atom. The minimum Gasteiger partial charge on any atom is -0.392 e. The van der Waals surface area contributed by atoms with Gasteiger partial charge in [-0.05, 0) is 37.2 Å². The highest BCUT2D eigenvalue weighted by Gasteiger charge is 2.35. The fourth-order valence-electron chi connectivity index (χ4n) is 2.34. The highest BCUT2D eigenvalue weighted by molar-refractivity contribution is 5.32. The van der Waals surface area contributed by atoms with Gasteiger partial charge in [0.05, 0.1) is 6.61 Å². The van der Waals surface area contributed by atoms with E-state index in [1.165, 1.54) is 18.4 Å². The number of hydrogen-bond donors (Lipinski definition) is 1. The number of allylic oxidation sites excluding steroid dienone is 3. The van der Waals surface area contributed by atoms with E-state index in [1.54, 1.807) is 5.57 Å². The Kier molecular flexibility index (Phi) is 1.61. The van der Waals surface area contributed by atoms with Crippen molar-refractivity contribution < 1.29 is 5.11 Å². The lowest BCUT2D eigenvalue weighted by Gasteiger charge is -2.12. The summed E-state index contributed by atoms with van der Waals surface area (Å²) >= 11 is 0. The molecule has 2 atom stereocenters. The van der Waals surface area contributed by atoms with E-state index in [0.717, 1.165) is 0 Å². The van der Waals surface area contributed by atoms with Gasteiger partial charge in [-0.25, -0.2) is 0 Å². The molecular formula is C10H14O. The van der Waals surface area contributed by atoms with Crippen molar-refractivity contribution >= 4 is 0 Å². The Morgan fingerprint density at radius 2 is 2.55 bits per heavy atom. The van der Waals surface area contributed by atoms with E-state index >= 15 is 0 Å². The summed E-state index contributed by atoms with van der Waals surface area (Å²) in [7, 11) is 0. The molecule has 1 nitrogen and oxygen atoms in total. The summed E-state index contributed by atoms with van der Waals surface area (Å²) in [5.41, 5.74) is 2.85. The molecule has 0 aliphatic heterocycles. The molecule has 0 aromatic carbocycles. The highest BCUT2D eigenvalue weighted by Crippen LogP contribution is 2.46. The van der Waals surface area contributed by atoms with Crippen LogP contribution in [0.5, 0.6) is 0 Å². The van der Waals surface area contributed by atoms with Crippen molar-refractivity contribution in [1.29, 1.82) is 0 Å². The largest absolute Gasteiger partial charge is 0.392 e. The number of hydrogen-bond acceptors (Lipinski definition) is 1. The van der Waals surface area contributed by atoms with Crippen molar-refractivity contribution in [3.05, 3.63) is 23.3 Å². The van der Waals surface area contributed by atoms with E-state index in [0.29, 0.717) is 11.8 Å². The first-order chi connectivity index (χ1) is 5.35. The number of rotatable bonds is 1. The normalized spacial score (nSPS) is 38.4. The third-order valence-electron chi connectivity index (χ3n) is 2.99. The Hall–Kier alpha value is -0.560. The summed E-state index contributed by atoms with van der Waals surface area (Å²) < 4.78 is 0. The van der Waals surface area contributed by atoms with Gasteiger partial charge < -0.3 is 5.11 Å². The fraction of sp³-hybridized carbons (Fsp3) is 0.600. The average molecular weight is 150 g/mol. The van der Waals surface area contributed by atoms with Crippen molar-refractivity contribution in [2.75, 3.05) is 6.61 Å². The molecule has 60 valence electrons. The molecule has 2 rings (SSSR count). The zero-order valence-corrected chi connectivity index (χ0v) is 6.88. The van der Waals surface area contributed by atoms with Gasteiger partial charge in [-0.2, -0.15) is 0 Å². The minimum absolute atomic E-state index is 0.276. The molecule has 1 saturated carbocycles. The van der Waals surface area contributed by atoms with Crippen molar-refractivity contribution in [3.63, 3.8) is 0 Å². The van der Waals surface area contributed by atoms with Crippen LogP contribution in [0, 0.1) is 11.8 Å². The standard InChI is InChI=1S/C10H14O/c1-2-7-3-9-4-8(7)5-10(9)6-11/h2,5,8-9,11H,3-4,6H2,1H3. The maximum Gasteiger partial charge on any atom is 0.0644 e. The van der Waals surface area contributed by atoms with Crippen LogP contribution in [0.4, 0.5) is 0 Å². The van der Waals surface area contributed by atoms with E-state index in [2.05, 4.69) is 19.1 Å². The molecule has 1 N–H and O–H groups in total. The Balaban J connectivity index is 2.22. The summed E-state index contributed by atoms with van der Waals surface area (Å²) in [5, 5.41) is 8.96. The molecule has 2 bridgehead atoms. The summed E-state index contributed by atoms with van der Waals surface area (Å²) in [6, 6.07) is 0. The molecule has 11 heavy (non-hydrogen) atoms. The number of aliphatic hydroxyl groups excluding tert-OH is 1. The third kappa shape index (κ3) is 0.951. The van der Waals surface area contributed by atoms with Gasteiger partial charge in [0.25, 0.3) is 0 Å². The van der Waals surface area contributed by atoms with Gasteiger partial charge in [0.2, 0.25) is 0 Å². The molecule has 0 saturated heterocycles. The third-order valence-corrected chi connectivity index (χ3v) is 2.99. The molecule has 0 aromatic heterocycles. The lowest BCUT2D eigenvalue weighted by atomic mass is 9.95. The van der Waals surface area contributed by atoms with Crippen molar-refractivity contribution in [1.82, 2.24) is 0 Å². The highest BCUT2D eigenvalue weighted by atomic mass is 16.3. The van der Waals surface area contributed by atoms with Gasteiger partial charge in [0.15, 0.2) is 0 Å².